The monoisotopic (exact) mass is 240 g/mol. The molecule has 0 heterocycles. The van der Waals surface area contributed by atoms with Crippen LogP contribution >= 0.6 is 8.20 Å². The van der Waals surface area contributed by atoms with E-state index in [1.807, 2.05) is 0 Å². The fourth-order valence-corrected chi connectivity index (χ4v) is 3.04. The molecule has 1 heteroatoms. The maximum Gasteiger partial charge on any atom is 0.00766 e. The van der Waals surface area contributed by atoms with Gasteiger partial charge in [0.1, 0.15) is 0 Å². The predicted molar refractivity (Wildman–Crippen MR) is 78.8 cm³/mol. The smallest absolute Gasteiger partial charge is 0.00766 e. The van der Waals surface area contributed by atoms with Gasteiger partial charge < -0.3 is 0 Å². The molecule has 86 valence electrons. The minimum atomic E-state index is 1.28. The molecule has 2 aromatic rings. The molecule has 0 fully saturated rings. The molecule has 2 rings (SSSR count). The summed E-state index contributed by atoms with van der Waals surface area (Å²) < 4.78 is 0. The molecule has 0 atom stereocenters. The van der Waals surface area contributed by atoms with E-state index in [1.165, 1.54) is 35.8 Å². The third-order valence-electron chi connectivity index (χ3n) is 2.78. The Morgan fingerprint density at radius 2 is 1.47 bits per heavy atom. The predicted octanol–water partition coefficient (Wildman–Crippen LogP) is 4.03. The van der Waals surface area contributed by atoms with E-state index in [0.29, 0.717) is 0 Å². The molecular weight excluding hydrogens is 223 g/mol. The lowest BCUT2D eigenvalue weighted by atomic mass is 10.1. The maximum absolute atomic E-state index is 2.27. The number of rotatable bonds is 2. The Balaban J connectivity index is 2.34. The van der Waals surface area contributed by atoms with Crippen molar-refractivity contribution in [2.24, 2.45) is 0 Å². The van der Waals surface area contributed by atoms with E-state index in [9.17, 15) is 0 Å². The molecular formula is C16H17P. The highest BCUT2D eigenvalue weighted by Gasteiger charge is 2.00. The van der Waals surface area contributed by atoms with Crippen molar-refractivity contribution >= 4 is 19.3 Å². The number of hydrogen-bond donors (Lipinski definition) is 0. The van der Waals surface area contributed by atoms with E-state index in [0.717, 1.165) is 0 Å². The van der Waals surface area contributed by atoms with Crippen LogP contribution in [-0.2, 0) is 0 Å². The lowest BCUT2D eigenvalue weighted by molar-refractivity contribution is 1.36. The molecule has 0 radical (unpaired) electrons. The van der Waals surface area contributed by atoms with Crippen molar-refractivity contribution in [2.45, 2.75) is 20.8 Å². The van der Waals surface area contributed by atoms with Gasteiger partial charge in [-0.05, 0) is 43.3 Å². The summed E-state index contributed by atoms with van der Waals surface area (Å²) in [6.45, 7) is 6.55. The minimum absolute atomic E-state index is 1.28. The third-order valence-corrected chi connectivity index (χ3v) is 4.17. The third kappa shape index (κ3) is 3.05. The summed E-state index contributed by atoms with van der Waals surface area (Å²) in [5.41, 5.74) is 5.40. The Bertz CT molecular complexity index is 516. The standard InChI is InChI=1S/C16H17P/c1-12-9-13(2)16(14(3)10-12)17-11-15-7-5-4-6-8-15/h4-11H,1-3H3. The number of benzene rings is 2. The van der Waals surface area contributed by atoms with Gasteiger partial charge in [-0.2, -0.15) is 0 Å². The Morgan fingerprint density at radius 1 is 0.882 bits per heavy atom. The molecule has 0 N–H and O–H groups in total. The zero-order valence-electron chi connectivity index (χ0n) is 10.6. The molecule has 17 heavy (non-hydrogen) atoms. The normalized spacial score (nSPS) is 11.0. The Labute approximate surface area is 105 Å². The molecule has 0 amide bonds. The van der Waals surface area contributed by atoms with Crippen molar-refractivity contribution in [3.05, 3.63) is 64.7 Å². The molecule has 0 bridgehead atoms. The second kappa shape index (κ2) is 5.29. The Kier molecular flexibility index (Phi) is 3.76. The van der Waals surface area contributed by atoms with Crippen LogP contribution < -0.4 is 5.30 Å². The summed E-state index contributed by atoms with van der Waals surface area (Å²) in [5, 5.41) is 1.43. The van der Waals surface area contributed by atoms with Gasteiger partial charge in [-0.15, -0.1) is 0 Å². The molecule has 2 aromatic carbocycles. The van der Waals surface area contributed by atoms with E-state index >= 15 is 0 Å². The van der Waals surface area contributed by atoms with Crippen molar-refractivity contribution in [2.75, 3.05) is 0 Å². The molecule has 0 unspecified atom stereocenters. The fraction of sp³-hybridized carbons (Fsp3) is 0.188. The van der Waals surface area contributed by atoms with E-state index in [2.05, 4.69) is 69.0 Å². The van der Waals surface area contributed by atoms with E-state index < -0.39 is 0 Å². The van der Waals surface area contributed by atoms with Crippen LogP contribution in [0.15, 0.2) is 42.5 Å². The quantitative estimate of drug-likeness (QED) is 0.695. The van der Waals surface area contributed by atoms with Gasteiger partial charge in [-0.25, -0.2) is 0 Å². The largest absolute Gasteiger partial charge is 0.0673 e. The summed E-state index contributed by atoms with van der Waals surface area (Å²) >= 11 is 0. The van der Waals surface area contributed by atoms with E-state index in [4.69, 9.17) is 0 Å². The van der Waals surface area contributed by atoms with Gasteiger partial charge in [0, 0.05) is 5.30 Å². The van der Waals surface area contributed by atoms with Gasteiger partial charge in [0.05, 0.1) is 0 Å². The second-order valence-electron chi connectivity index (χ2n) is 4.42. The Morgan fingerprint density at radius 3 is 2.06 bits per heavy atom. The minimum Gasteiger partial charge on any atom is -0.0673 e. The summed E-state index contributed by atoms with van der Waals surface area (Å²) in [6, 6.07) is 15.0. The second-order valence-corrected chi connectivity index (χ2v) is 5.38. The summed E-state index contributed by atoms with van der Waals surface area (Å²) in [4.78, 5) is 0. The topological polar surface area (TPSA) is 0 Å². The van der Waals surface area contributed by atoms with Gasteiger partial charge in [0.15, 0.2) is 0 Å². The SMILES string of the molecule is Cc1cc(C)c(P=Cc2ccccc2)c(C)c1. The summed E-state index contributed by atoms with van der Waals surface area (Å²) in [6.07, 6.45) is 0. The maximum atomic E-state index is 2.27. The Hall–Kier alpha value is -1.39. The van der Waals surface area contributed by atoms with Crippen molar-refractivity contribution < 1.29 is 0 Å². The molecule has 0 saturated carbocycles. The van der Waals surface area contributed by atoms with Gasteiger partial charge in [-0.1, -0.05) is 56.2 Å². The molecule has 0 aliphatic rings. The van der Waals surface area contributed by atoms with Crippen LogP contribution in [0.2, 0.25) is 0 Å². The molecule has 0 nitrogen and oxygen atoms in total. The van der Waals surface area contributed by atoms with Crippen LogP contribution in [-0.4, -0.2) is 5.80 Å². The van der Waals surface area contributed by atoms with Crippen LogP contribution in [0.4, 0.5) is 0 Å². The van der Waals surface area contributed by atoms with Crippen molar-refractivity contribution in [3.63, 3.8) is 0 Å². The summed E-state index contributed by atoms with van der Waals surface area (Å²) in [7, 11) is 1.28. The van der Waals surface area contributed by atoms with Gasteiger partial charge in [0.2, 0.25) is 0 Å². The number of hydrogen-bond acceptors (Lipinski definition) is 0. The average molecular weight is 240 g/mol. The van der Waals surface area contributed by atoms with Crippen molar-refractivity contribution in [1.82, 2.24) is 0 Å². The zero-order chi connectivity index (χ0) is 12.3. The zero-order valence-corrected chi connectivity index (χ0v) is 11.5. The first-order chi connectivity index (χ1) is 8.16. The highest BCUT2D eigenvalue weighted by Crippen LogP contribution is 2.13. The van der Waals surface area contributed by atoms with Crippen LogP contribution in [0.1, 0.15) is 22.3 Å². The average Bonchev–Trinajstić information content (AvgIpc) is 2.29. The van der Waals surface area contributed by atoms with Gasteiger partial charge in [-0.3, -0.25) is 0 Å². The first kappa shape index (κ1) is 12.1. The van der Waals surface area contributed by atoms with Crippen LogP contribution in [0.3, 0.4) is 0 Å². The number of aryl methyl sites for hydroxylation is 3. The van der Waals surface area contributed by atoms with E-state index in [1.54, 1.807) is 0 Å². The molecule has 0 aromatic heterocycles. The van der Waals surface area contributed by atoms with Crippen LogP contribution in [0, 0.1) is 20.8 Å². The van der Waals surface area contributed by atoms with Crippen LogP contribution in [0.5, 0.6) is 0 Å². The van der Waals surface area contributed by atoms with Crippen molar-refractivity contribution in [1.29, 1.82) is 0 Å². The van der Waals surface area contributed by atoms with Gasteiger partial charge in [0.25, 0.3) is 0 Å². The first-order valence-corrected chi connectivity index (χ1v) is 6.80. The van der Waals surface area contributed by atoms with Crippen LogP contribution in [0.25, 0.3) is 0 Å². The molecule has 0 aliphatic heterocycles. The lowest BCUT2D eigenvalue weighted by Gasteiger charge is -2.06. The molecule has 0 spiro atoms. The highest BCUT2D eigenvalue weighted by molar-refractivity contribution is 7.48. The molecule has 0 aliphatic carbocycles. The lowest BCUT2D eigenvalue weighted by Crippen LogP contribution is -2.04. The molecule has 0 saturated heterocycles. The van der Waals surface area contributed by atoms with Gasteiger partial charge >= 0.3 is 0 Å². The highest BCUT2D eigenvalue weighted by atomic mass is 31.1. The van der Waals surface area contributed by atoms with E-state index in [-0.39, 0.29) is 0 Å². The summed E-state index contributed by atoms with van der Waals surface area (Å²) in [5.74, 6) is 2.27. The fourth-order valence-electron chi connectivity index (χ4n) is 2.05. The van der Waals surface area contributed by atoms with Crippen molar-refractivity contribution in [3.8, 4) is 0 Å². The first-order valence-electron chi connectivity index (χ1n) is 5.84.